The standard InChI is InChI=1S/C12H14FNO/c13-11-4-2-6-14(8-11)12-5-1-3-10(7-12)9-15/h1,3,5,7,9,11H,2,4,6,8H2. The second-order valence-electron chi connectivity index (χ2n) is 3.90. The Labute approximate surface area is 88.7 Å². The van der Waals surface area contributed by atoms with Crippen molar-refractivity contribution in [2.75, 3.05) is 18.0 Å². The van der Waals surface area contributed by atoms with E-state index in [-0.39, 0.29) is 0 Å². The van der Waals surface area contributed by atoms with Crippen molar-refractivity contribution in [3.63, 3.8) is 0 Å². The average molecular weight is 207 g/mol. The first kappa shape index (κ1) is 10.1. The normalized spacial score (nSPS) is 21.4. The Morgan fingerprint density at radius 2 is 2.33 bits per heavy atom. The molecule has 0 N–H and O–H groups in total. The van der Waals surface area contributed by atoms with Gasteiger partial charge in [0.25, 0.3) is 0 Å². The molecule has 2 rings (SSSR count). The zero-order chi connectivity index (χ0) is 10.7. The van der Waals surface area contributed by atoms with Gasteiger partial charge in [0.1, 0.15) is 12.5 Å². The minimum Gasteiger partial charge on any atom is -0.369 e. The molecule has 0 radical (unpaired) electrons. The largest absolute Gasteiger partial charge is 0.369 e. The van der Waals surface area contributed by atoms with Crippen molar-refractivity contribution in [2.45, 2.75) is 19.0 Å². The van der Waals surface area contributed by atoms with E-state index in [4.69, 9.17) is 0 Å². The number of rotatable bonds is 2. The molecule has 80 valence electrons. The fourth-order valence-electron chi connectivity index (χ4n) is 1.95. The zero-order valence-corrected chi connectivity index (χ0v) is 8.53. The van der Waals surface area contributed by atoms with Crippen LogP contribution in [-0.4, -0.2) is 25.5 Å². The lowest BCUT2D eigenvalue weighted by atomic mass is 10.1. The fourth-order valence-corrected chi connectivity index (χ4v) is 1.95. The molecule has 2 nitrogen and oxygen atoms in total. The summed E-state index contributed by atoms with van der Waals surface area (Å²) >= 11 is 0. The third-order valence-corrected chi connectivity index (χ3v) is 2.74. The molecule has 1 unspecified atom stereocenters. The van der Waals surface area contributed by atoms with E-state index in [1.165, 1.54) is 0 Å². The van der Waals surface area contributed by atoms with Crippen LogP contribution in [0.15, 0.2) is 24.3 Å². The van der Waals surface area contributed by atoms with Gasteiger partial charge in [0.05, 0.1) is 0 Å². The first-order valence-electron chi connectivity index (χ1n) is 5.24. The van der Waals surface area contributed by atoms with Gasteiger partial charge in [-0.15, -0.1) is 0 Å². The summed E-state index contributed by atoms with van der Waals surface area (Å²) < 4.78 is 13.2. The van der Waals surface area contributed by atoms with Crippen LogP contribution in [-0.2, 0) is 0 Å². The van der Waals surface area contributed by atoms with E-state index < -0.39 is 6.17 Å². The van der Waals surface area contributed by atoms with Crippen LogP contribution in [0.2, 0.25) is 0 Å². The first-order chi connectivity index (χ1) is 7.29. The molecule has 0 bridgehead atoms. The number of nitrogens with zero attached hydrogens (tertiary/aromatic N) is 1. The molecule has 0 saturated carbocycles. The summed E-state index contributed by atoms with van der Waals surface area (Å²) in [7, 11) is 0. The molecule has 0 aromatic heterocycles. The molecule has 1 aliphatic heterocycles. The van der Waals surface area contributed by atoms with Crippen molar-refractivity contribution in [1.82, 2.24) is 0 Å². The minimum atomic E-state index is -0.737. The zero-order valence-electron chi connectivity index (χ0n) is 8.53. The maximum atomic E-state index is 13.2. The first-order valence-corrected chi connectivity index (χ1v) is 5.24. The Kier molecular flexibility index (Phi) is 2.99. The molecule has 1 fully saturated rings. The van der Waals surface area contributed by atoms with E-state index in [9.17, 15) is 9.18 Å². The molecule has 0 amide bonds. The smallest absolute Gasteiger partial charge is 0.150 e. The van der Waals surface area contributed by atoms with Crippen molar-refractivity contribution in [3.05, 3.63) is 29.8 Å². The Morgan fingerprint density at radius 3 is 3.07 bits per heavy atom. The summed E-state index contributed by atoms with van der Waals surface area (Å²) in [6.45, 7) is 1.32. The molecule has 15 heavy (non-hydrogen) atoms. The van der Waals surface area contributed by atoms with E-state index in [2.05, 4.69) is 0 Å². The third-order valence-electron chi connectivity index (χ3n) is 2.74. The highest BCUT2D eigenvalue weighted by Gasteiger charge is 2.19. The molecular weight excluding hydrogens is 193 g/mol. The van der Waals surface area contributed by atoms with Crippen LogP contribution >= 0.6 is 0 Å². The quantitative estimate of drug-likeness (QED) is 0.694. The van der Waals surface area contributed by atoms with Crippen LogP contribution in [0, 0.1) is 0 Å². The van der Waals surface area contributed by atoms with Gasteiger partial charge in [0, 0.05) is 24.3 Å². The van der Waals surface area contributed by atoms with Gasteiger partial charge in [0.15, 0.2) is 0 Å². The van der Waals surface area contributed by atoms with Crippen LogP contribution < -0.4 is 4.90 Å². The molecule has 1 atom stereocenters. The molecular formula is C12H14FNO. The Hall–Kier alpha value is -1.38. The number of hydrogen-bond acceptors (Lipinski definition) is 2. The molecule has 1 saturated heterocycles. The van der Waals surface area contributed by atoms with Crippen molar-refractivity contribution in [1.29, 1.82) is 0 Å². The predicted molar refractivity (Wildman–Crippen MR) is 58.2 cm³/mol. The second-order valence-corrected chi connectivity index (χ2v) is 3.90. The summed E-state index contributed by atoms with van der Waals surface area (Å²) in [5.41, 5.74) is 1.59. The lowest BCUT2D eigenvalue weighted by Crippen LogP contribution is -2.36. The molecule has 1 aromatic rings. The van der Waals surface area contributed by atoms with Gasteiger partial charge in [-0.3, -0.25) is 4.79 Å². The average Bonchev–Trinajstić information content (AvgIpc) is 2.29. The number of carbonyl (C=O) groups excluding carboxylic acids is 1. The highest BCUT2D eigenvalue weighted by molar-refractivity contribution is 5.77. The summed E-state index contributed by atoms with van der Waals surface area (Å²) in [5.74, 6) is 0. The van der Waals surface area contributed by atoms with E-state index in [0.29, 0.717) is 18.5 Å². The Balaban J connectivity index is 2.17. The third kappa shape index (κ3) is 2.35. The number of benzene rings is 1. The number of anilines is 1. The molecule has 0 spiro atoms. The second kappa shape index (κ2) is 4.43. The molecule has 0 aliphatic carbocycles. The number of piperidine rings is 1. The summed E-state index contributed by atoms with van der Waals surface area (Å²) in [5, 5.41) is 0. The van der Waals surface area contributed by atoms with Crippen molar-refractivity contribution < 1.29 is 9.18 Å². The number of halogens is 1. The van der Waals surface area contributed by atoms with Gasteiger partial charge >= 0.3 is 0 Å². The van der Waals surface area contributed by atoms with Gasteiger partial charge in [0.2, 0.25) is 0 Å². The van der Waals surface area contributed by atoms with Crippen LogP contribution in [0.1, 0.15) is 23.2 Å². The highest BCUT2D eigenvalue weighted by Crippen LogP contribution is 2.21. The van der Waals surface area contributed by atoms with E-state index in [1.807, 2.05) is 23.1 Å². The summed E-state index contributed by atoms with van der Waals surface area (Å²) in [6, 6.07) is 7.32. The minimum absolute atomic E-state index is 0.447. The van der Waals surface area contributed by atoms with Crippen molar-refractivity contribution >= 4 is 12.0 Å². The van der Waals surface area contributed by atoms with Crippen LogP contribution in [0.5, 0.6) is 0 Å². The van der Waals surface area contributed by atoms with Crippen LogP contribution in [0.25, 0.3) is 0 Å². The number of hydrogen-bond donors (Lipinski definition) is 0. The van der Waals surface area contributed by atoms with Gasteiger partial charge < -0.3 is 4.90 Å². The SMILES string of the molecule is O=Cc1cccc(N2CCCC(F)C2)c1. The van der Waals surface area contributed by atoms with E-state index in [0.717, 1.165) is 24.9 Å². The molecule has 1 heterocycles. The monoisotopic (exact) mass is 207 g/mol. The van der Waals surface area contributed by atoms with Crippen molar-refractivity contribution in [3.8, 4) is 0 Å². The maximum absolute atomic E-state index is 13.2. The van der Waals surface area contributed by atoms with E-state index >= 15 is 0 Å². The Morgan fingerprint density at radius 1 is 1.47 bits per heavy atom. The van der Waals surface area contributed by atoms with Gasteiger partial charge in [-0.05, 0) is 25.0 Å². The van der Waals surface area contributed by atoms with Crippen LogP contribution in [0.4, 0.5) is 10.1 Å². The number of carbonyl (C=O) groups is 1. The molecule has 3 heteroatoms. The molecule has 1 aliphatic rings. The summed E-state index contributed by atoms with van der Waals surface area (Å²) in [4.78, 5) is 12.6. The number of alkyl halides is 1. The fraction of sp³-hybridized carbons (Fsp3) is 0.417. The summed E-state index contributed by atoms with van der Waals surface area (Å²) in [6.07, 6.45) is 1.62. The number of aldehydes is 1. The van der Waals surface area contributed by atoms with Gasteiger partial charge in [-0.1, -0.05) is 12.1 Å². The van der Waals surface area contributed by atoms with Crippen LogP contribution in [0.3, 0.4) is 0 Å². The molecule has 1 aromatic carbocycles. The predicted octanol–water partition coefficient (Wildman–Crippen LogP) is 2.44. The lowest BCUT2D eigenvalue weighted by molar-refractivity contribution is 0.112. The van der Waals surface area contributed by atoms with Gasteiger partial charge in [-0.25, -0.2) is 4.39 Å². The topological polar surface area (TPSA) is 20.3 Å². The van der Waals surface area contributed by atoms with E-state index in [1.54, 1.807) is 6.07 Å². The highest BCUT2D eigenvalue weighted by atomic mass is 19.1. The maximum Gasteiger partial charge on any atom is 0.150 e. The van der Waals surface area contributed by atoms with Gasteiger partial charge in [-0.2, -0.15) is 0 Å². The lowest BCUT2D eigenvalue weighted by Gasteiger charge is -2.31. The van der Waals surface area contributed by atoms with Crippen molar-refractivity contribution in [2.24, 2.45) is 0 Å². The Bertz CT molecular complexity index is 353.